The number of hydrogen-bond acceptors (Lipinski definition) is 4. The molecule has 0 spiro atoms. The Morgan fingerprint density at radius 1 is 0.756 bits per heavy atom. The zero-order valence-corrected chi connectivity index (χ0v) is 24.3. The standard InChI is InChI=1S/C34H33N3O3S/c1-22-10-8-13-26(20-22)21-30(36-33(39)27-14-6-5-7-15-27)34(40)35-28-16-18-29(19-17-28)41-25(4)32(38)37-31-23(2)11-9-12-24(31)3/h5-21,25H,1-4H3,(H,35,40)(H,36,39)(H,37,38)/b30-21-. The van der Waals surface area contributed by atoms with E-state index in [2.05, 4.69) is 16.0 Å². The number of benzene rings is 4. The highest BCUT2D eigenvalue weighted by Gasteiger charge is 2.18. The van der Waals surface area contributed by atoms with Crippen molar-refractivity contribution < 1.29 is 14.4 Å². The summed E-state index contributed by atoms with van der Waals surface area (Å²) >= 11 is 1.43. The molecule has 0 saturated heterocycles. The van der Waals surface area contributed by atoms with Crippen LogP contribution >= 0.6 is 11.8 Å². The van der Waals surface area contributed by atoms with Gasteiger partial charge in [0.2, 0.25) is 5.91 Å². The predicted molar refractivity (Wildman–Crippen MR) is 168 cm³/mol. The van der Waals surface area contributed by atoms with E-state index in [0.717, 1.165) is 32.8 Å². The second-order valence-electron chi connectivity index (χ2n) is 9.79. The summed E-state index contributed by atoms with van der Waals surface area (Å²) in [6.07, 6.45) is 1.66. The summed E-state index contributed by atoms with van der Waals surface area (Å²) in [5.41, 5.74) is 5.86. The van der Waals surface area contributed by atoms with E-state index in [4.69, 9.17) is 0 Å². The van der Waals surface area contributed by atoms with Crippen molar-refractivity contribution in [3.8, 4) is 0 Å². The van der Waals surface area contributed by atoms with Crippen molar-refractivity contribution in [2.45, 2.75) is 37.8 Å². The van der Waals surface area contributed by atoms with Crippen LogP contribution in [0.4, 0.5) is 11.4 Å². The third kappa shape index (κ3) is 8.19. The summed E-state index contributed by atoms with van der Waals surface area (Å²) in [6.45, 7) is 7.78. The van der Waals surface area contributed by atoms with Crippen LogP contribution in [0.15, 0.2) is 108 Å². The van der Waals surface area contributed by atoms with E-state index in [1.807, 2.05) is 88.4 Å². The number of carbonyl (C=O) groups excluding carboxylic acids is 3. The van der Waals surface area contributed by atoms with Gasteiger partial charge in [-0.1, -0.05) is 66.2 Å². The fraction of sp³-hybridized carbons (Fsp3) is 0.147. The van der Waals surface area contributed by atoms with Crippen LogP contribution in [-0.4, -0.2) is 23.0 Å². The first kappa shape index (κ1) is 29.4. The Balaban J connectivity index is 1.44. The molecule has 1 unspecified atom stereocenters. The molecule has 6 nitrogen and oxygen atoms in total. The molecule has 1 atom stereocenters. The number of thioether (sulfide) groups is 1. The van der Waals surface area contributed by atoms with Crippen molar-refractivity contribution in [3.05, 3.63) is 131 Å². The monoisotopic (exact) mass is 563 g/mol. The average Bonchev–Trinajstić information content (AvgIpc) is 2.96. The van der Waals surface area contributed by atoms with Crippen LogP contribution in [0, 0.1) is 20.8 Å². The van der Waals surface area contributed by atoms with Crippen molar-refractivity contribution in [2.24, 2.45) is 0 Å². The second-order valence-corrected chi connectivity index (χ2v) is 11.2. The molecule has 0 fully saturated rings. The van der Waals surface area contributed by atoms with Gasteiger partial charge in [-0.05, 0) is 86.9 Å². The summed E-state index contributed by atoms with van der Waals surface area (Å²) in [5.74, 6) is -0.901. The molecule has 4 aromatic carbocycles. The Morgan fingerprint density at radius 2 is 1.41 bits per heavy atom. The van der Waals surface area contributed by atoms with Crippen LogP contribution in [0.5, 0.6) is 0 Å². The number of nitrogens with one attached hydrogen (secondary N) is 3. The molecule has 0 aromatic heterocycles. The van der Waals surface area contributed by atoms with Crippen molar-refractivity contribution in [1.29, 1.82) is 0 Å². The van der Waals surface area contributed by atoms with E-state index in [0.29, 0.717) is 11.3 Å². The zero-order valence-electron chi connectivity index (χ0n) is 23.5. The van der Waals surface area contributed by atoms with Crippen LogP contribution < -0.4 is 16.0 Å². The van der Waals surface area contributed by atoms with Gasteiger partial charge in [0.05, 0.1) is 5.25 Å². The average molecular weight is 564 g/mol. The first-order valence-corrected chi connectivity index (χ1v) is 14.2. The minimum Gasteiger partial charge on any atom is -0.325 e. The Morgan fingerprint density at radius 3 is 2.07 bits per heavy atom. The molecule has 0 aliphatic rings. The Bertz CT molecular complexity index is 1560. The van der Waals surface area contributed by atoms with Gasteiger partial charge in [-0.25, -0.2) is 0 Å². The van der Waals surface area contributed by atoms with Crippen LogP contribution in [0.2, 0.25) is 0 Å². The molecule has 208 valence electrons. The maximum Gasteiger partial charge on any atom is 0.272 e. The largest absolute Gasteiger partial charge is 0.325 e. The zero-order chi connectivity index (χ0) is 29.4. The summed E-state index contributed by atoms with van der Waals surface area (Å²) < 4.78 is 0. The number of anilines is 2. The Labute approximate surface area is 245 Å². The van der Waals surface area contributed by atoms with Gasteiger partial charge in [-0.2, -0.15) is 0 Å². The number of amides is 3. The fourth-order valence-corrected chi connectivity index (χ4v) is 5.05. The van der Waals surface area contributed by atoms with Gasteiger partial charge in [0.15, 0.2) is 0 Å². The first-order valence-electron chi connectivity index (χ1n) is 13.3. The lowest BCUT2D eigenvalue weighted by Crippen LogP contribution is -2.30. The molecule has 4 aromatic rings. The predicted octanol–water partition coefficient (Wildman–Crippen LogP) is 7.14. The SMILES string of the molecule is Cc1cccc(/C=C(\NC(=O)c2ccccc2)C(=O)Nc2ccc(SC(C)C(=O)Nc3c(C)cccc3C)cc2)c1. The summed E-state index contributed by atoms with van der Waals surface area (Å²) in [6, 6.07) is 29.6. The highest BCUT2D eigenvalue weighted by Crippen LogP contribution is 2.27. The summed E-state index contributed by atoms with van der Waals surface area (Å²) in [5, 5.41) is 8.35. The molecule has 4 rings (SSSR count). The van der Waals surface area contributed by atoms with Gasteiger partial charge in [-0.3, -0.25) is 14.4 Å². The van der Waals surface area contributed by atoms with Crippen molar-refractivity contribution in [3.63, 3.8) is 0 Å². The molecule has 0 heterocycles. The van der Waals surface area contributed by atoms with Crippen molar-refractivity contribution in [1.82, 2.24) is 5.32 Å². The lowest BCUT2D eigenvalue weighted by Gasteiger charge is -2.16. The van der Waals surface area contributed by atoms with Crippen LogP contribution in [0.3, 0.4) is 0 Å². The van der Waals surface area contributed by atoms with Gasteiger partial charge in [0.1, 0.15) is 5.70 Å². The van der Waals surface area contributed by atoms with Crippen LogP contribution in [0.25, 0.3) is 6.08 Å². The summed E-state index contributed by atoms with van der Waals surface area (Å²) in [7, 11) is 0. The number of aryl methyl sites for hydroxylation is 3. The van der Waals surface area contributed by atoms with Crippen LogP contribution in [-0.2, 0) is 9.59 Å². The minimum atomic E-state index is -0.447. The van der Waals surface area contributed by atoms with Gasteiger partial charge in [-0.15, -0.1) is 11.8 Å². The first-order chi connectivity index (χ1) is 19.7. The van der Waals surface area contributed by atoms with E-state index >= 15 is 0 Å². The Kier molecular flexibility index (Phi) is 9.77. The topological polar surface area (TPSA) is 87.3 Å². The molecule has 41 heavy (non-hydrogen) atoms. The quantitative estimate of drug-likeness (QED) is 0.149. The molecule has 0 radical (unpaired) electrons. The minimum absolute atomic E-state index is 0.0788. The van der Waals surface area contributed by atoms with Gasteiger partial charge >= 0.3 is 0 Å². The molecule has 0 bridgehead atoms. The smallest absolute Gasteiger partial charge is 0.272 e. The molecule has 3 amide bonds. The van der Waals surface area contributed by atoms with E-state index in [1.165, 1.54) is 11.8 Å². The highest BCUT2D eigenvalue weighted by atomic mass is 32.2. The molecule has 7 heteroatoms. The van der Waals surface area contributed by atoms with Gasteiger partial charge < -0.3 is 16.0 Å². The Hall–Kier alpha value is -4.62. The maximum absolute atomic E-state index is 13.3. The lowest BCUT2D eigenvalue weighted by molar-refractivity contribution is -0.115. The maximum atomic E-state index is 13.3. The van der Waals surface area contributed by atoms with Crippen molar-refractivity contribution >= 4 is 46.9 Å². The van der Waals surface area contributed by atoms with E-state index in [9.17, 15) is 14.4 Å². The molecule has 0 aliphatic carbocycles. The third-order valence-electron chi connectivity index (χ3n) is 6.41. The third-order valence-corrected chi connectivity index (χ3v) is 7.52. The summed E-state index contributed by atoms with van der Waals surface area (Å²) in [4.78, 5) is 39.9. The molecular weight excluding hydrogens is 530 g/mol. The molecule has 0 aliphatic heterocycles. The van der Waals surface area contributed by atoms with E-state index in [1.54, 1.807) is 42.5 Å². The normalized spacial score (nSPS) is 11.9. The number of para-hydroxylation sites is 1. The molecular formula is C34H33N3O3S. The molecule has 3 N–H and O–H groups in total. The van der Waals surface area contributed by atoms with Gasteiger partial charge in [0.25, 0.3) is 11.8 Å². The number of hydrogen-bond donors (Lipinski definition) is 3. The van der Waals surface area contributed by atoms with Crippen LogP contribution in [0.1, 0.15) is 39.5 Å². The van der Waals surface area contributed by atoms with E-state index < -0.39 is 5.91 Å². The number of rotatable bonds is 9. The number of carbonyl (C=O) groups is 3. The fourth-order valence-electron chi connectivity index (χ4n) is 4.18. The molecule has 0 saturated carbocycles. The lowest BCUT2D eigenvalue weighted by atomic mass is 10.1. The van der Waals surface area contributed by atoms with Gasteiger partial charge in [0, 0.05) is 21.8 Å². The van der Waals surface area contributed by atoms with Crippen molar-refractivity contribution in [2.75, 3.05) is 10.6 Å². The second kappa shape index (κ2) is 13.6. The highest BCUT2D eigenvalue weighted by molar-refractivity contribution is 8.00. The van der Waals surface area contributed by atoms with E-state index in [-0.39, 0.29) is 22.8 Å².